The molecule has 2 amide bonds. The van der Waals surface area contributed by atoms with Crippen molar-refractivity contribution in [2.24, 2.45) is 0 Å². The fourth-order valence-electron chi connectivity index (χ4n) is 1.18. The number of amides is 2. The van der Waals surface area contributed by atoms with E-state index in [1.54, 1.807) is 24.3 Å². The summed E-state index contributed by atoms with van der Waals surface area (Å²) < 4.78 is 0.910. The summed E-state index contributed by atoms with van der Waals surface area (Å²) in [5.41, 5.74) is 0.591. The predicted octanol–water partition coefficient (Wildman–Crippen LogP) is 2.35. The molecule has 0 spiro atoms. The maximum atomic E-state index is 11.2. The van der Waals surface area contributed by atoms with E-state index in [1.807, 2.05) is 0 Å². The first-order chi connectivity index (χ1) is 6.52. The molecule has 0 aliphatic rings. The third-order valence-corrected chi connectivity index (χ3v) is 2.24. The summed E-state index contributed by atoms with van der Waals surface area (Å²) in [7, 11) is 0. The van der Waals surface area contributed by atoms with Crippen LogP contribution < -0.4 is 4.90 Å². The zero-order valence-corrected chi connectivity index (χ0v) is 9.54. The van der Waals surface area contributed by atoms with Gasteiger partial charge in [-0.2, -0.15) is 0 Å². The quantitative estimate of drug-likeness (QED) is 0.773. The SMILES string of the molecule is CC(=O)N(C(C)=O)c1ccc(Br)cc1. The van der Waals surface area contributed by atoms with Crippen molar-refractivity contribution >= 4 is 33.4 Å². The molecule has 4 heteroatoms. The maximum Gasteiger partial charge on any atom is 0.230 e. The maximum absolute atomic E-state index is 11.2. The van der Waals surface area contributed by atoms with Crippen LogP contribution in [0.3, 0.4) is 0 Å². The summed E-state index contributed by atoms with van der Waals surface area (Å²) in [5.74, 6) is -0.556. The lowest BCUT2D eigenvalue weighted by Gasteiger charge is -2.16. The molecule has 1 rings (SSSR count). The molecule has 74 valence electrons. The third kappa shape index (κ3) is 2.42. The summed E-state index contributed by atoms with van der Waals surface area (Å²) in [4.78, 5) is 23.5. The fraction of sp³-hybridized carbons (Fsp3) is 0.200. The van der Waals surface area contributed by atoms with Crippen LogP contribution >= 0.6 is 15.9 Å². The van der Waals surface area contributed by atoms with Crippen molar-refractivity contribution in [3.8, 4) is 0 Å². The molecule has 0 radical (unpaired) electrons. The van der Waals surface area contributed by atoms with E-state index in [0.717, 1.165) is 9.37 Å². The van der Waals surface area contributed by atoms with Gasteiger partial charge >= 0.3 is 0 Å². The smallest absolute Gasteiger partial charge is 0.230 e. The van der Waals surface area contributed by atoms with Crippen LogP contribution in [0.25, 0.3) is 0 Å². The van der Waals surface area contributed by atoms with Crippen LogP contribution in [0.15, 0.2) is 28.7 Å². The van der Waals surface area contributed by atoms with Gasteiger partial charge < -0.3 is 0 Å². The van der Waals surface area contributed by atoms with Gasteiger partial charge in [0.05, 0.1) is 5.69 Å². The Labute approximate surface area is 90.8 Å². The van der Waals surface area contributed by atoms with Crippen LogP contribution in [0.1, 0.15) is 13.8 Å². The highest BCUT2D eigenvalue weighted by Crippen LogP contribution is 2.18. The molecule has 0 saturated carbocycles. The molecule has 0 N–H and O–H groups in total. The monoisotopic (exact) mass is 255 g/mol. The molecule has 0 heterocycles. The second kappa shape index (κ2) is 4.37. The molecule has 0 aliphatic heterocycles. The van der Waals surface area contributed by atoms with E-state index in [4.69, 9.17) is 0 Å². The predicted molar refractivity (Wildman–Crippen MR) is 58.0 cm³/mol. The highest BCUT2D eigenvalue weighted by Gasteiger charge is 2.15. The summed E-state index contributed by atoms with van der Waals surface area (Å²) >= 11 is 3.28. The number of carbonyl (C=O) groups excluding carboxylic acids is 2. The Bertz CT molecular complexity index is 345. The van der Waals surface area contributed by atoms with Gasteiger partial charge in [-0.1, -0.05) is 15.9 Å². The molecular weight excluding hydrogens is 246 g/mol. The molecule has 1 aromatic carbocycles. The van der Waals surface area contributed by atoms with Gasteiger partial charge in [0.2, 0.25) is 11.8 Å². The van der Waals surface area contributed by atoms with Crippen LogP contribution in [-0.4, -0.2) is 11.8 Å². The largest absolute Gasteiger partial charge is 0.274 e. The van der Waals surface area contributed by atoms with E-state index in [0.29, 0.717) is 5.69 Å². The van der Waals surface area contributed by atoms with E-state index in [2.05, 4.69) is 15.9 Å². The number of imide groups is 1. The molecule has 14 heavy (non-hydrogen) atoms. The van der Waals surface area contributed by atoms with Crippen molar-refractivity contribution < 1.29 is 9.59 Å². The summed E-state index contributed by atoms with van der Waals surface area (Å²) in [5, 5.41) is 0. The number of carbonyl (C=O) groups is 2. The van der Waals surface area contributed by atoms with Crippen LogP contribution in [0.4, 0.5) is 5.69 Å². The average Bonchev–Trinajstić information content (AvgIpc) is 2.07. The Kier molecular flexibility index (Phi) is 3.41. The molecule has 0 bridgehead atoms. The number of hydrogen-bond donors (Lipinski definition) is 0. The standard InChI is InChI=1S/C10H10BrNO2/c1-7(13)12(8(2)14)10-5-3-9(11)4-6-10/h3-6H,1-2H3. The fourth-order valence-corrected chi connectivity index (χ4v) is 1.44. The third-order valence-electron chi connectivity index (χ3n) is 1.71. The van der Waals surface area contributed by atoms with E-state index in [9.17, 15) is 9.59 Å². The van der Waals surface area contributed by atoms with E-state index >= 15 is 0 Å². The van der Waals surface area contributed by atoms with Crippen LogP contribution in [-0.2, 0) is 9.59 Å². The molecule has 0 saturated heterocycles. The van der Waals surface area contributed by atoms with Gasteiger partial charge in [-0.15, -0.1) is 0 Å². The lowest BCUT2D eigenvalue weighted by atomic mass is 10.3. The topological polar surface area (TPSA) is 37.4 Å². The van der Waals surface area contributed by atoms with Crippen LogP contribution in [0.5, 0.6) is 0 Å². The molecule has 0 atom stereocenters. The van der Waals surface area contributed by atoms with E-state index < -0.39 is 0 Å². The molecule has 0 aliphatic carbocycles. The van der Waals surface area contributed by atoms with Gasteiger partial charge in [-0.25, -0.2) is 0 Å². The minimum Gasteiger partial charge on any atom is -0.274 e. The van der Waals surface area contributed by atoms with Gasteiger partial charge in [-0.05, 0) is 24.3 Å². The number of nitrogens with zero attached hydrogens (tertiary/aromatic N) is 1. The minimum atomic E-state index is -0.278. The Morgan fingerprint density at radius 2 is 1.50 bits per heavy atom. The molecular formula is C10H10BrNO2. The molecule has 0 fully saturated rings. The molecule has 0 unspecified atom stereocenters. The van der Waals surface area contributed by atoms with Crippen molar-refractivity contribution in [1.29, 1.82) is 0 Å². The average molecular weight is 256 g/mol. The normalized spacial score (nSPS) is 9.64. The second-order valence-corrected chi connectivity index (χ2v) is 3.77. The highest BCUT2D eigenvalue weighted by atomic mass is 79.9. The zero-order valence-electron chi connectivity index (χ0n) is 7.95. The summed E-state index contributed by atoms with van der Waals surface area (Å²) in [6.07, 6.45) is 0. The van der Waals surface area contributed by atoms with Crippen molar-refractivity contribution in [3.05, 3.63) is 28.7 Å². The zero-order chi connectivity index (χ0) is 10.7. The van der Waals surface area contributed by atoms with Gasteiger partial charge in [0.25, 0.3) is 0 Å². The number of hydrogen-bond acceptors (Lipinski definition) is 2. The Morgan fingerprint density at radius 3 is 1.86 bits per heavy atom. The summed E-state index contributed by atoms with van der Waals surface area (Å²) in [6, 6.07) is 7.00. The lowest BCUT2D eigenvalue weighted by molar-refractivity contribution is -0.124. The summed E-state index contributed by atoms with van der Waals surface area (Å²) in [6.45, 7) is 2.73. The molecule has 3 nitrogen and oxygen atoms in total. The number of anilines is 1. The Balaban J connectivity index is 3.06. The molecule has 0 aromatic heterocycles. The second-order valence-electron chi connectivity index (χ2n) is 2.85. The van der Waals surface area contributed by atoms with Gasteiger partial charge in [0.15, 0.2) is 0 Å². The first kappa shape index (κ1) is 10.9. The first-order valence-corrected chi connectivity index (χ1v) is 4.88. The van der Waals surface area contributed by atoms with Crippen molar-refractivity contribution in [2.75, 3.05) is 4.90 Å². The van der Waals surface area contributed by atoms with E-state index in [1.165, 1.54) is 13.8 Å². The van der Waals surface area contributed by atoms with Crippen LogP contribution in [0.2, 0.25) is 0 Å². The Morgan fingerprint density at radius 1 is 1.07 bits per heavy atom. The molecule has 1 aromatic rings. The number of rotatable bonds is 1. The lowest BCUT2D eigenvalue weighted by Crippen LogP contribution is -2.32. The van der Waals surface area contributed by atoms with Crippen molar-refractivity contribution in [2.45, 2.75) is 13.8 Å². The van der Waals surface area contributed by atoms with Gasteiger partial charge in [-0.3, -0.25) is 14.5 Å². The van der Waals surface area contributed by atoms with Crippen molar-refractivity contribution in [1.82, 2.24) is 0 Å². The van der Waals surface area contributed by atoms with E-state index in [-0.39, 0.29) is 11.8 Å². The Hall–Kier alpha value is -1.16. The van der Waals surface area contributed by atoms with Gasteiger partial charge in [0, 0.05) is 18.3 Å². The highest BCUT2D eigenvalue weighted by molar-refractivity contribution is 9.10. The van der Waals surface area contributed by atoms with Gasteiger partial charge in [0.1, 0.15) is 0 Å². The minimum absolute atomic E-state index is 0.278. The van der Waals surface area contributed by atoms with Crippen LogP contribution in [0, 0.1) is 0 Å². The first-order valence-electron chi connectivity index (χ1n) is 4.09. The number of benzene rings is 1. The number of halogens is 1. The van der Waals surface area contributed by atoms with Crippen molar-refractivity contribution in [3.63, 3.8) is 0 Å².